The molecule has 0 atom stereocenters. The number of nitrogens with zero attached hydrogens (tertiary/aromatic N) is 2. The average Bonchev–Trinajstić information content (AvgIpc) is 2.75. The van der Waals surface area contributed by atoms with Crippen LogP contribution < -0.4 is 5.43 Å². The first kappa shape index (κ1) is 16.7. The Kier molecular flexibility index (Phi) is 4.15. The van der Waals surface area contributed by atoms with E-state index in [4.69, 9.17) is 0 Å². The third-order valence-electron chi connectivity index (χ3n) is 1.94. The Balaban J connectivity index is 2.81. The molecule has 0 aliphatic carbocycles. The summed E-state index contributed by atoms with van der Waals surface area (Å²) >= 11 is 0. The molecular weight excluding hydrogens is 319 g/mol. The summed E-state index contributed by atoms with van der Waals surface area (Å²) in [5.74, 6) is -7.68. The van der Waals surface area contributed by atoms with E-state index in [-0.39, 0.29) is 6.21 Å². The molecule has 13 heteroatoms. The summed E-state index contributed by atoms with van der Waals surface area (Å²) in [4.78, 5) is 9.21. The van der Waals surface area contributed by atoms with E-state index in [9.17, 15) is 40.8 Å². The number of hydrazone groups is 1. The van der Waals surface area contributed by atoms with Gasteiger partial charge >= 0.3 is 24.0 Å². The van der Waals surface area contributed by atoms with Crippen molar-refractivity contribution in [3.63, 3.8) is 0 Å². The molecule has 0 aliphatic rings. The lowest BCUT2D eigenvalue weighted by molar-refractivity contribution is -0.402. The van der Waals surface area contributed by atoms with Crippen molar-refractivity contribution in [3.05, 3.63) is 28.0 Å². The van der Waals surface area contributed by atoms with E-state index in [1.807, 2.05) is 0 Å². The largest absolute Gasteiger partial charge is 0.462 e. The second-order valence-electron chi connectivity index (χ2n) is 3.45. The molecule has 0 radical (unpaired) electrons. The van der Waals surface area contributed by atoms with E-state index < -0.39 is 34.7 Å². The average molecular weight is 323 g/mol. The monoisotopic (exact) mass is 323 g/mol. The van der Waals surface area contributed by atoms with Crippen LogP contribution in [0.5, 0.6) is 0 Å². The Bertz CT molecular complexity index is 552. The number of halogens is 7. The third kappa shape index (κ3) is 3.41. The summed E-state index contributed by atoms with van der Waals surface area (Å²) in [6.45, 7) is 0. The van der Waals surface area contributed by atoms with Gasteiger partial charge in [-0.3, -0.25) is 10.1 Å². The predicted octanol–water partition coefficient (Wildman–Crippen LogP) is 2.90. The number of alkyl halides is 7. The molecule has 1 N–H and O–H groups in total. The van der Waals surface area contributed by atoms with Crippen LogP contribution in [0.3, 0.4) is 0 Å². The predicted molar refractivity (Wildman–Crippen MR) is 52.0 cm³/mol. The quantitative estimate of drug-likeness (QED) is 0.297. The van der Waals surface area contributed by atoms with Gasteiger partial charge in [-0.2, -0.15) is 35.8 Å². The molecule has 0 saturated carbocycles. The van der Waals surface area contributed by atoms with Gasteiger partial charge in [-0.25, -0.2) is 5.43 Å². The fourth-order valence-electron chi connectivity index (χ4n) is 0.935. The minimum Gasteiger partial charge on any atom is -0.400 e. The van der Waals surface area contributed by atoms with Gasteiger partial charge in [0, 0.05) is 0 Å². The highest BCUT2D eigenvalue weighted by Gasteiger charge is 2.73. The molecule has 0 fully saturated rings. The van der Waals surface area contributed by atoms with Crippen LogP contribution in [0.15, 0.2) is 21.7 Å². The lowest BCUT2D eigenvalue weighted by atomic mass is 10.3. The molecule has 0 saturated heterocycles. The van der Waals surface area contributed by atoms with E-state index >= 15 is 0 Å². The van der Waals surface area contributed by atoms with E-state index in [0.29, 0.717) is 5.43 Å². The first-order valence-electron chi connectivity index (χ1n) is 4.75. The molecule has 118 valence electrons. The zero-order valence-corrected chi connectivity index (χ0v) is 9.50. The molecule has 1 aromatic heterocycles. The molecule has 21 heavy (non-hydrogen) atoms. The van der Waals surface area contributed by atoms with Crippen LogP contribution in [0.4, 0.5) is 36.6 Å². The molecule has 0 aromatic carbocycles. The van der Waals surface area contributed by atoms with Crippen molar-refractivity contribution in [1.82, 2.24) is 5.43 Å². The molecule has 0 amide bonds. The standard InChI is InChI=1S/C8H4F7N3O3/c9-6(10,7(11,12)13)8(14,15)17-16-3-4-1-2-5(21-4)18(19)20/h1-3,17H/b16-3+. The van der Waals surface area contributed by atoms with Crippen molar-refractivity contribution in [2.24, 2.45) is 5.10 Å². The van der Waals surface area contributed by atoms with Gasteiger partial charge in [0.05, 0.1) is 12.3 Å². The highest BCUT2D eigenvalue weighted by atomic mass is 19.4. The molecule has 0 unspecified atom stereocenters. The summed E-state index contributed by atoms with van der Waals surface area (Å²) in [6, 6.07) is -4.06. The fraction of sp³-hybridized carbons (Fsp3) is 0.375. The first-order valence-corrected chi connectivity index (χ1v) is 4.75. The van der Waals surface area contributed by atoms with Gasteiger partial charge in [-0.15, -0.1) is 0 Å². The summed E-state index contributed by atoms with van der Waals surface area (Å²) < 4.78 is 89.9. The second-order valence-corrected chi connectivity index (χ2v) is 3.45. The van der Waals surface area contributed by atoms with Crippen LogP contribution >= 0.6 is 0 Å². The Hall–Kier alpha value is -2.34. The molecule has 1 aromatic rings. The highest BCUT2D eigenvalue weighted by molar-refractivity contribution is 5.75. The molecule has 0 aliphatic heterocycles. The van der Waals surface area contributed by atoms with Crippen LogP contribution in [0, 0.1) is 10.1 Å². The van der Waals surface area contributed by atoms with Crippen molar-refractivity contribution in [2.75, 3.05) is 0 Å². The van der Waals surface area contributed by atoms with E-state index in [2.05, 4.69) is 9.52 Å². The Labute approximate surface area is 110 Å². The number of hydrogen-bond acceptors (Lipinski definition) is 5. The maximum absolute atomic E-state index is 12.7. The number of furan rings is 1. The summed E-state index contributed by atoms with van der Waals surface area (Å²) in [5, 5.41) is 12.6. The molecule has 6 nitrogen and oxygen atoms in total. The van der Waals surface area contributed by atoms with Crippen LogP contribution in [-0.2, 0) is 0 Å². The highest BCUT2D eigenvalue weighted by Crippen LogP contribution is 2.44. The second kappa shape index (κ2) is 5.21. The van der Waals surface area contributed by atoms with Gasteiger partial charge in [-0.05, 0) is 6.07 Å². The molecule has 1 heterocycles. The van der Waals surface area contributed by atoms with Gasteiger partial charge in [0.2, 0.25) is 0 Å². The third-order valence-corrected chi connectivity index (χ3v) is 1.94. The Morgan fingerprint density at radius 3 is 2.19 bits per heavy atom. The topological polar surface area (TPSA) is 80.7 Å². The Morgan fingerprint density at radius 1 is 1.19 bits per heavy atom. The van der Waals surface area contributed by atoms with Gasteiger partial charge in [0.15, 0.2) is 5.76 Å². The zero-order valence-electron chi connectivity index (χ0n) is 9.50. The maximum Gasteiger partial charge on any atom is 0.462 e. The number of hydrogen-bond donors (Lipinski definition) is 1. The minimum atomic E-state index is -6.50. The van der Waals surface area contributed by atoms with Gasteiger partial charge in [0.1, 0.15) is 4.92 Å². The van der Waals surface area contributed by atoms with Crippen molar-refractivity contribution in [2.45, 2.75) is 18.1 Å². The summed E-state index contributed by atoms with van der Waals surface area (Å²) in [5.41, 5.74) is 0.329. The van der Waals surface area contributed by atoms with Crippen LogP contribution in [-0.4, -0.2) is 29.3 Å². The maximum atomic E-state index is 12.7. The van der Waals surface area contributed by atoms with Crippen LogP contribution in [0.2, 0.25) is 0 Å². The Morgan fingerprint density at radius 2 is 1.76 bits per heavy atom. The lowest BCUT2D eigenvalue weighted by Gasteiger charge is -2.27. The molecule has 1 rings (SSSR count). The summed E-state index contributed by atoms with van der Waals surface area (Å²) in [6.07, 6.45) is -6.23. The van der Waals surface area contributed by atoms with E-state index in [1.54, 1.807) is 0 Å². The van der Waals surface area contributed by atoms with Crippen molar-refractivity contribution >= 4 is 12.1 Å². The van der Waals surface area contributed by atoms with E-state index in [1.165, 1.54) is 0 Å². The first-order chi connectivity index (χ1) is 9.38. The smallest absolute Gasteiger partial charge is 0.400 e. The summed E-state index contributed by atoms with van der Waals surface area (Å²) in [7, 11) is 0. The number of nitro groups is 1. The zero-order chi connectivity index (χ0) is 16.5. The van der Waals surface area contributed by atoms with Gasteiger partial charge in [-0.1, -0.05) is 0 Å². The van der Waals surface area contributed by atoms with E-state index in [0.717, 1.165) is 12.1 Å². The van der Waals surface area contributed by atoms with Gasteiger partial charge < -0.3 is 4.42 Å². The number of nitrogens with one attached hydrogen (secondary N) is 1. The fourth-order valence-corrected chi connectivity index (χ4v) is 0.935. The molecule has 0 bridgehead atoms. The SMILES string of the molecule is O=[N+]([O-])c1ccc(/C=N/NC(F)(F)C(F)(F)C(F)(F)F)o1. The normalized spacial score (nSPS) is 13.7. The van der Waals surface area contributed by atoms with Crippen LogP contribution in [0.1, 0.15) is 5.76 Å². The molecule has 0 spiro atoms. The minimum absolute atomic E-state index is 0.271. The number of rotatable bonds is 5. The van der Waals surface area contributed by atoms with Gasteiger partial charge in [0.25, 0.3) is 0 Å². The van der Waals surface area contributed by atoms with Crippen LogP contribution in [0.25, 0.3) is 0 Å². The van der Waals surface area contributed by atoms with Crippen molar-refractivity contribution < 1.29 is 40.1 Å². The van der Waals surface area contributed by atoms with Crippen molar-refractivity contribution in [3.8, 4) is 0 Å². The molecular formula is C8H4F7N3O3. The van der Waals surface area contributed by atoms with Crippen molar-refractivity contribution in [1.29, 1.82) is 0 Å². The lowest BCUT2D eigenvalue weighted by Crippen LogP contribution is -2.58.